The molecule has 1 fully saturated rings. The third-order valence-electron chi connectivity index (χ3n) is 4.87. The Kier molecular flexibility index (Phi) is 3.14. The summed E-state index contributed by atoms with van der Waals surface area (Å²) >= 11 is 0. The highest BCUT2D eigenvalue weighted by Crippen LogP contribution is 2.53. The van der Waals surface area contributed by atoms with Crippen LogP contribution in [-0.2, 0) is 14.3 Å². The zero-order chi connectivity index (χ0) is 16.2. The molecule has 1 N–H and O–H groups in total. The van der Waals surface area contributed by atoms with Crippen molar-refractivity contribution in [1.82, 2.24) is 0 Å². The number of hydrogen-bond donors (Lipinski definition) is 1. The van der Waals surface area contributed by atoms with Crippen LogP contribution >= 0.6 is 0 Å². The van der Waals surface area contributed by atoms with Gasteiger partial charge in [0.2, 0.25) is 6.29 Å². The highest BCUT2D eigenvalue weighted by molar-refractivity contribution is 5.91. The van der Waals surface area contributed by atoms with E-state index in [2.05, 4.69) is 0 Å². The van der Waals surface area contributed by atoms with E-state index in [9.17, 15) is 9.90 Å². The number of carbonyl (C=O) groups is 1. The number of rotatable bonds is 2. The maximum atomic E-state index is 11.7. The molecule has 1 aliphatic carbocycles. The van der Waals surface area contributed by atoms with Gasteiger partial charge in [-0.3, -0.25) is 4.79 Å². The summed E-state index contributed by atoms with van der Waals surface area (Å²) in [6, 6.07) is 5.54. The molecular formula is C17H18O6. The first-order valence-corrected chi connectivity index (χ1v) is 7.58. The van der Waals surface area contributed by atoms with E-state index in [1.807, 2.05) is 12.1 Å². The molecule has 1 saturated heterocycles. The highest BCUT2D eigenvalue weighted by atomic mass is 16.7. The number of carbonyl (C=O) groups excluding carboxylic acids is 1. The molecule has 0 bridgehead atoms. The minimum Gasteiger partial charge on any atom is -0.497 e. The van der Waals surface area contributed by atoms with Gasteiger partial charge in [-0.15, -0.1) is 0 Å². The molecular weight excluding hydrogens is 300 g/mol. The molecule has 4 rings (SSSR count). The average Bonchev–Trinajstić information content (AvgIpc) is 2.95. The van der Waals surface area contributed by atoms with Crippen LogP contribution in [0.25, 0.3) is 0 Å². The Morgan fingerprint density at radius 1 is 1.30 bits per heavy atom. The van der Waals surface area contributed by atoms with Gasteiger partial charge >= 0.3 is 0 Å². The van der Waals surface area contributed by atoms with Crippen LogP contribution in [0.3, 0.4) is 0 Å². The molecule has 2 heterocycles. The van der Waals surface area contributed by atoms with Crippen LogP contribution < -0.4 is 9.47 Å². The van der Waals surface area contributed by atoms with Crippen molar-refractivity contribution >= 4 is 5.78 Å². The molecule has 2 aliphatic heterocycles. The Morgan fingerprint density at radius 3 is 2.87 bits per heavy atom. The summed E-state index contributed by atoms with van der Waals surface area (Å²) < 4.78 is 22.5. The van der Waals surface area contributed by atoms with E-state index in [1.54, 1.807) is 20.3 Å². The summed E-state index contributed by atoms with van der Waals surface area (Å²) in [6.45, 7) is 0. The zero-order valence-corrected chi connectivity index (χ0v) is 12.9. The number of allylic oxidation sites excluding steroid dienone is 1. The molecule has 0 amide bonds. The van der Waals surface area contributed by atoms with Crippen molar-refractivity contribution in [3.8, 4) is 11.5 Å². The van der Waals surface area contributed by atoms with E-state index >= 15 is 0 Å². The van der Waals surface area contributed by atoms with E-state index < -0.39 is 18.0 Å². The summed E-state index contributed by atoms with van der Waals surface area (Å²) in [7, 11) is 3.13. The van der Waals surface area contributed by atoms with Crippen molar-refractivity contribution in [2.45, 2.75) is 36.8 Å². The van der Waals surface area contributed by atoms with Gasteiger partial charge in [-0.05, 0) is 12.5 Å². The van der Waals surface area contributed by atoms with Crippen LogP contribution in [0.2, 0.25) is 0 Å². The SMILES string of the molecule is COc1ccc2c(c1)OC1C2C(OC)OC2=CC(=O)CCC21O. The second kappa shape index (κ2) is 4.97. The molecule has 0 aromatic heterocycles. The maximum Gasteiger partial charge on any atom is 0.210 e. The number of hydrogen-bond acceptors (Lipinski definition) is 6. The molecule has 0 spiro atoms. The van der Waals surface area contributed by atoms with Crippen LogP contribution in [0, 0.1) is 0 Å². The molecule has 6 heteroatoms. The lowest BCUT2D eigenvalue weighted by Crippen LogP contribution is -2.57. The Balaban J connectivity index is 1.80. The van der Waals surface area contributed by atoms with Crippen LogP contribution in [0.4, 0.5) is 0 Å². The molecule has 1 aromatic carbocycles. The average molecular weight is 318 g/mol. The molecule has 0 saturated carbocycles. The van der Waals surface area contributed by atoms with Crippen LogP contribution in [0.1, 0.15) is 24.3 Å². The number of ether oxygens (including phenoxy) is 4. The largest absolute Gasteiger partial charge is 0.497 e. The van der Waals surface area contributed by atoms with Gasteiger partial charge in [0, 0.05) is 31.2 Å². The van der Waals surface area contributed by atoms with E-state index in [0.717, 1.165) is 5.56 Å². The molecule has 6 nitrogen and oxygen atoms in total. The number of ketones is 1. The molecule has 23 heavy (non-hydrogen) atoms. The monoisotopic (exact) mass is 318 g/mol. The number of aliphatic hydroxyl groups is 1. The van der Waals surface area contributed by atoms with E-state index in [1.165, 1.54) is 6.08 Å². The fraction of sp³-hybridized carbons (Fsp3) is 0.471. The quantitative estimate of drug-likeness (QED) is 0.891. The fourth-order valence-corrected chi connectivity index (χ4v) is 3.67. The topological polar surface area (TPSA) is 74.2 Å². The molecule has 4 atom stereocenters. The van der Waals surface area contributed by atoms with Gasteiger partial charge in [0.1, 0.15) is 23.4 Å². The summed E-state index contributed by atoms with van der Waals surface area (Å²) in [6.07, 6.45) is 0.737. The van der Waals surface area contributed by atoms with E-state index in [-0.39, 0.29) is 30.3 Å². The van der Waals surface area contributed by atoms with Crippen molar-refractivity contribution in [3.63, 3.8) is 0 Å². The third kappa shape index (κ3) is 1.98. The van der Waals surface area contributed by atoms with Gasteiger partial charge in [-0.1, -0.05) is 6.07 Å². The van der Waals surface area contributed by atoms with Gasteiger partial charge < -0.3 is 24.1 Å². The normalized spacial score (nSPS) is 34.5. The number of benzene rings is 1. The molecule has 4 unspecified atom stereocenters. The summed E-state index contributed by atoms with van der Waals surface area (Å²) in [5.74, 6) is 1.24. The van der Waals surface area contributed by atoms with Crippen molar-refractivity contribution in [1.29, 1.82) is 0 Å². The lowest BCUT2D eigenvalue weighted by molar-refractivity contribution is -0.211. The smallest absolute Gasteiger partial charge is 0.210 e. The first kappa shape index (κ1) is 14.5. The Hall–Kier alpha value is -2.05. The lowest BCUT2D eigenvalue weighted by atomic mass is 9.75. The summed E-state index contributed by atoms with van der Waals surface area (Å²) in [5, 5.41) is 11.1. The molecule has 0 radical (unpaired) electrons. The molecule has 1 aromatic rings. The lowest BCUT2D eigenvalue weighted by Gasteiger charge is -2.46. The Morgan fingerprint density at radius 2 is 2.13 bits per heavy atom. The second-order valence-electron chi connectivity index (χ2n) is 6.09. The van der Waals surface area contributed by atoms with Crippen molar-refractivity contribution in [2.75, 3.05) is 14.2 Å². The maximum absolute atomic E-state index is 11.7. The van der Waals surface area contributed by atoms with Gasteiger partial charge in [0.15, 0.2) is 11.4 Å². The first-order chi connectivity index (χ1) is 11.1. The van der Waals surface area contributed by atoms with Crippen LogP contribution in [0.5, 0.6) is 11.5 Å². The third-order valence-corrected chi connectivity index (χ3v) is 4.87. The van der Waals surface area contributed by atoms with Crippen molar-refractivity contribution in [3.05, 3.63) is 35.6 Å². The highest BCUT2D eigenvalue weighted by Gasteiger charge is 2.60. The zero-order valence-electron chi connectivity index (χ0n) is 12.9. The van der Waals surface area contributed by atoms with Crippen molar-refractivity contribution in [2.24, 2.45) is 0 Å². The van der Waals surface area contributed by atoms with E-state index in [4.69, 9.17) is 18.9 Å². The first-order valence-electron chi connectivity index (χ1n) is 7.58. The van der Waals surface area contributed by atoms with Gasteiger partial charge in [0.25, 0.3) is 0 Å². The van der Waals surface area contributed by atoms with Gasteiger partial charge in [0.05, 0.1) is 13.0 Å². The minimum absolute atomic E-state index is 0.0600. The molecule has 3 aliphatic rings. The summed E-state index contributed by atoms with van der Waals surface area (Å²) in [4.78, 5) is 11.7. The van der Waals surface area contributed by atoms with Crippen LogP contribution in [-0.4, -0.2) is 43.1 Å². The predicted molar refractivity (Wildman–Crippen MR) is 79.3 cm³/mol. The Bertz CT molecular complexity index is 696. The number of methoxy groups -OCH3 is 2. The van der Waals surface area contributed by atoms with E-state index in [0.29, 0.717) is 11.5 Å². The van der Waals surface area contributed by atoms with Crippen LogP contribution in [0.15, 0.2) is 30.0 Å². The summed E-state index contributed by atoms with van der Waals surface area (Å²) in [5.41, 5.74) is -0.410. The molecule has 122 valence electrons. The predicted octanol–water partition coefficient (Wildman–Crippen LogP) is 1.52. The number of fused-ring (bicyclic) bond motifs is 5. The Labute approximate surface area is 133 Å². The van der Waals surface area contributed by atoms with Crippen molar-refractivity contribution < 1.29 is 28.8 Å². The van der Waals surface area contributed by atoms with Gasteiger partial charge in [-0.25, -0.2) is 0 Å². The fourth-order valence-electron chi connectivity index (χ4n) is 3.67. The second-order valence-corrected chi connectivity index (χ2v) is 6.09. The van der Waals surface area contributed by atoms with Gasteiger partial charge in [-0.2, -0.15) is 0 Å². The minimum atomic E-state index is -1.32. The standard InChI is InChI=1S/C17H18O6/c1-20-10-3-4-11-12(8-10)22-15-14(11)16(21-2)23-13-7-9(18)5-6-17(13,15)19/h3-4,7-8,14-16,19H,5-6H2,1-2H3.